The molecule has 2 aliphatic rings. The predicted octanol–water partition coefficient (Wildman–Crippen LogP) is 5.94. The molecule has 3 rings (SSSR count). The number of thiocarbonyl (C=S) groups is 1. The molecule has 270 valence electrons. The number of esters is 2. The molecule has 47 heavy (non-hydrogen) atoms. The molecule has 5 atom stereocenters. The highest BCUT2D eigenvalue weighted by Gasteiger charge is 2.74. The van der Waals surface area contributed by atoms with Crippen molar-refractivity contribution in [1.29, 1.82) is 0 Å². The largest absolute Gasteiger partial charge is 0.460 e. The van der Waals surface area contributed by atoms with Gasteiger partial charge in [0.1, 0.15) is 11.2 Å². The lowest BCUT2D eigenvalue weighted by molar-refractivity contribution is -0.179. The highest BCUT2D eigenvalue weighted by molar-refractivity contribution is 7.80. The zero-order valence-electron chi connectivity index (χ0n) is 29.6. The molecular weight excluding hydrogens is 671 g/mol. The van der Waals surface area contributed by atoms with Crippen LogP contribution in [0.25, 0.3) is 0 Å². The molecule has 0 saturated heterocycles. The number of nitroso groups, excluding NO2 is 1. The van der Waals surface area contributed by atoms with Crippen LogP contribution in [0.4, 0.5) is 0 Å². The van der Waals surface area contributed by atoms with Gasteiger partial charge in [-0.1, -0.05) is 34.4 Å². The van der Waals surface area contributed by atoms with E-state index in [0.29, 0.717) is 16.5 Å². The molecule has 0 aromatic heterocycles. The van der Waals surface area contributed by atoms with Crippen LogP contribution >= 0.6 is 35.4 Å². The number of primary amides is 1. The topological polar surface area (TPSA) is 196 Å². The fraction of sp³-hybridized carbons (Fsp3) is 0.688. The van der Waals surface area contributed by atoms with E-state index in [9.17, 15) is 9.59 Å². The van der Waals surface area contributed by atoms with Crippen LogP contribution in [0, 0.1) is 28.1 Å². The molecule has 1 aromatic carbocycles. The average molecular weight is 726 g/mol. The van der Waals surface area contributed by atoms with Crippen molar-refractivity contribution in [2.45, 2.75) is 105 Å². The summed E-state index contributed by atoms with van der Waals surface area (Å²) in [5.41, 5.74) is 12.2. The van der Waals surface area contributed by atoms with E-state index in [1.54, 1.807) is 19.2 Å². The number of carbonyl (C=O) groups is 3. The van der Waals surface area contributed by atoms with E-state index in [1.165, 1.54) is 7.05 Å². The van der Waals surface area contributed by atoms with Gasteiger partial charge in [-0.15, -0.1) is 0 Å². The molecule has 2 aliphatic carbocycles. The molecule has 0 heterocycles. The Bertz CT molecular complexity index is 1180. The Hall–Kier alpha value is -2.58. The quantitative estimate of drug-likeness (QED) is 0.141. The molecule has 6 N–H and O–H groups in total. The van der Waals surface area contributed by atoms with E-state index in [0.717, 1.165) is 5.56 Å². The summed E-state index contributed by atoms with van der Waals surface area (Å²) < 4.78 is 22.5. The summed E-state index contributed by atoms with van der Waals surface area (Å²) in [6.07, 6.45) is 0.483. The first-order valence-electron chi connectivity index (χ1n) is 14.7. The number of benzene rings is 1. The third-order valence-corrected chi connectivity index (χ3v) is 7.32. The Morgan fingerprint density at radius 1 is 1.00 bits per heavy atom. The SMILES string of the molecule is CC(C)(C)OC(=O)C1C2CC(OCc3ccc(Cl)c(Cl)c3)C(C)(C(=O)OC(C)(C)C)C21.CN=O.COC(C)(C)C.NC(N)=S.NC=O. The minimum atomic E-state index is -0.935. The zero-order valence-corrected chi connectivity index (χ0v) is 32.0. The Kier molecular flexibility index (Phi) is 19.9. The lowest BCUT2D eigenvalue weighted by atomic mass is 9.80. The lowest BCUT2D eigenvalue weighted by Gasteiger charge is -2.35. The number of fused-ring (bicyclic) bond motifs is 1. The second-order valence-corrected chi connectivity index (χ2v) is 15.1. The van der Waals surface area contributed by atoms with Gasteiger partial charge < -0.3 is 36.1 Å². The maximum atomic E-state index is 13.3. The number of methoxy groups -OCH3 is 1. The van der Waals surface area contributed by atoms with Crippen molar-refractivity contribution in [3.05, 3.63) is 38.7 Å². The molecule has 15 heteroatoms. The molecule has 0 radical (unpaired) electrons. The number of nitrogens with two attached hydrogens (primary N) is 3. The summed E-state index contributed by atoms with van der Waals surface area (Å²) in [6, 6.07) is 5.33. The highest BCUT2D eigenvalue weighted by atomic mass is 35.5. The maximum absolute atomic E-state index is 13.3. The van der Waals surface area contributed by atoms with Gasteiger partial charge in [0.05, 0.1) is 46.7 Å². The summed E-state index contributed by atoms with van der Waals surface area (Å²) in [5.74, 6) is -0.998. The van der Waals surface area contributed by atoms with Crippen LogP contribution in [0.3, 0.4) is 0 Å². The van der Waals surface area contributed by atoms with Gasteiger partial charge in [-0.05, 0) is 117 Å². The fourth-order valence-corrected chi connectivity index (χ4v) is 4.93. The van der Waals surface area contributed by atoms with Crippen molar-refractivity contribution in [2.75, 3.05) is 14.2 Å². The van der Waals surface area contributed by atoms with Gasteiger partial charge in [0.15, 0.2) is 5.11 Å². The van der Waals surface area contributed by atoms with Crippen molar-refractivity contribution in [3.63, 3.8) is 0 Å². The molecule has 12 nitrogen and oxygen atoms in total. The number of halogens is 2. The Morgan fingerprint density at radius 2 is 1.43 bits per heavy atom. The summed E-state index contributed by atoms with van der Waals surface area (Å²) in [5, 5.41) is 3.18. The summed E-state index contributed by atoms with van der Waals surface area (Å²) in [6.45, 7) is 19.3. The summed E-state index contributed by atoms with van der Waals surface area (Å²) in [4.78, 5) is 43.2. The Morgan fingerprint density at radius 3 is 1.79 bits per heavy atom. The first-order valence-corrected chi connectivity index (χ1v) is 15.9. The number of carbonyl (C=O) groups excluding carboxylic acids is 3. The highest BCUT2D eigenvalue weighted by Crippen LogP contribution is 2.68. The van der Waals surface area contributed by atoms with Crippen LogP contribution in [0.1, 0.15) is 81.2 Å². The van der Waals surface area contributed by atoms with Gasteiger partial charge in [0, 0.05) is 7.11 Å². The Balaban J connectivity index is 0. The Labute approximate surface area is 295 Å². The number of hydrogen-bond acceptors (Lipinski definition) is 10. The number of nitrogens with zero attached hydrogens (tertiary/aromatic N) is 1. The average Bonchev–Trinajstić information content (AvgIpc) is 3.53. The van der Waals surface area contributed by atoms with Gasteiger partial charge in [0.25, 0.3) is 0 Å². The van der Waals surface area contributed by atoms with Crippen molar-refractivity contribution in [3.8, 4) is 0 Å². The molecular formula is C32H54Cl2N4O8S. The second kappa shape index (κ2) is 20.1. The smallest absolute Gasteiger partial charge is 0.315 e. The molecule has 0 aliphatic heterocycles. The second-order valence-electron chi connectivity index (χ2n) is 13.9. The monoisotopic (exact) mass is 724 g/mol. The molecule has 0 spiro atoms. The van der Waals surface area contributed by atoms with Crippen LogP contribution in [0.2, 0.25) is 10.0 Å². The van der Waals surface area contributed by atoms with Gasteiger partial charge >= 0.3 is 11.9 Å². The van der Waals surface area contributed by atoms with E-state index >= 15 is 0 Å². The molecule has 0 bridgehead atoms. The minimum absolute atomic E-state index is 0.000000000000000222. The lowest BCUT2D eigenvalue weighted by Crippen LogP contribution is -2.46. The van der Waals surface area contributed by atoms with Gasteiger partial charge in [-0.25, -0.2) is 0 Å². The molecule has 2 saturated carbocycles. The number of ether oxygens (including phenoxy) is 4. The minimum Gasteiger partial charge on any atom is -0.460 e. The molecule has 1 aromatic rings. The number of amides is 1. The van der Waals surface area contributed by atoms with Crippen molar-refractivity contribution in [2.24, 2.45) is 45.5 Å². The molecule has 2 fully saturated rings. The van der Waals surface area contributed by atoms with Crippen molar-refractivity contribution in [1.82, 2.24) is 0 Å². The van der Waals surface area contributed by atoms with Crippen LogP contribution in [0.5, 0.6) is 0 Å². The van der Waals surface area contributed by atoms with E-state index in [4.69, 9.17) is 51.9 Å². The van der Waals surface area contributed by atoms with Crippen molar-refractivity contribution < 1.29 is 33.3 Å². The van der Waals surface area contributed by atoms with Crippen LogP contribution in [-0.4, -0.2) is 60.5 Å². The standard InChI is InChI=1S/C24H32Cl2O5.C5H12O.CH4N2S.2CH3NO/c1-22(2,3)30-20(27)18-14-11-17(29-12-13-8-9-15(25)16(26)10-13)24(7,19(14)18)21(28)31-23(4,5)6;1-5(2,3)6-4;2-1(3)4;1-2-3;2-1-3/h8-10,14,17-19H,11-12H2,1-7H3;1-4H3;(H4,2,3,4);1H3;1H,(H2,2,3). The van der Waals surface area contributed by atoms with Gasteiger partial charge in [-0.3, -0.25) is 14.4 Å². The van der Waals surface area contributed by atoms with Crippen LogP contribution < -0.4 is 17.2 Å². The zero-order chi connectivity index (χ0) is 37.6. The van der Waals surface area contributed by atoms with Gasteiger partial charge in [0.2, 0.25) is 6.41 Å². The number of rotatable bonds is 5. The number of hydrogen-bond donors (Lipinski definition) is 3. The maximum Gasteiger partial charge on any atom is 0.315 e. The van der Waals surface area contributed by atoms with Gasteiger partial charge in [-0.2, -0.15) is 4.91 Å². The van der Waals surface area contributed by atoms with Crippen molar-refractivity contribution >= 4 is 58.9 Å². The normalized spacial score (nSPS) is 22.3. The van der Waals surface area contributed by atoms with E-state index < -0.39 is 16.6 Å². The van der Waals surface area contributed by atoms with Crippen LogP contribution in [-0.2, 0) is 39.9 Å². The molecule has 5 unspecified atom stereocenters. The van der Waals surface area contributed by atoms with E-state index in [1.807, 2.05) is 75.3 Å². The van der Waals surface area contributed by atoms with E-state index in [-0.39, 0.29) is 59.5 Å². The predicted molar refractivity (Wildman–Crippen MR) is 190 cm³/mol. The summed E-state index contributed by atoms with van der Waals surface area (Å²) >= 11 is 16.2. The molecule has 1 amide bonds. The fourth-order valence-electron chi connectivity index (χ4n) is 4.61. The van der Waals surface area contributed by atoms with Crippen LogP contribution in [0.15, 0.2) is 23.4 Å². The summed E-state index contributed by atoms with van der Waals surface area (Å²) in [7, 11) is 2.90. The van der Waals surface area contributed by atoms with E-state index in [2.05, 4.69) is 34.6 Å². The third-order valence-electron chi connectivity index (χ3n) is 6.58. The third kappa shape index (κ3) is 18.0. The first-order chi connectivity index (χ1) is 21.3. The first kappa shape index (κ1) is 46.5.